The van der Waals surface area contributed by atoms with Crippen molar-refractivity contribution >= 4 is 40.9 Å². The fourth-order valence-corrected chi connectivity index (χ4v) is 2.76. The molecule has 0 bridgehead atoms. The molecule has 124 valence electrons. The molecule has 0 radical (unpaired) electrons. The Morgan fingerprint density at radius 2 is 2.04 bits per heavy atom. The van der Waals surface area contributed by atoms with E-state index in [4.69, 9.17) is 16.3 Å². The smallest absolute Gasteiger partial charge is 0.288 e. The van der Waals surface area contributed by atoms with Gasteiger partial charge in [0, 0.05) is 16.5 Å². The van der Waals surface area contributed by atoms with Crippen molar-refractivity contribution in [3.63, 3.8) is 0 Å². The molecular formula is C17H14ClNO4S. The number of benzene rings is 2. The van der Waals surface area contributed by atoms with Gasteiger partial charge in [0.25, 0.3) is 5.69 Å². The van der Waals surface area contributed by atoms with Crippen LogP contribution in [0.25, 0.3) is 6.08 Å². The van der Waals surface area contributed by atoms with Gasteiger partial charge in [0.05, 0.1) is 12.0 Å². The minimum Gasteiger partial charge on any atom is -0.496 e. The Morgan fingerprint density at radius 3 is 2.67 bits per heavy atom. The quantitative estimate of drug-likeness (QED) is 0.240. The molecule has 5 nitrogen and oxygen atoms in total. The van der Waals surface area contributed by atoms with Crippen LogP contribution in [-0.4, -0.2) is 24.1 Å². The highest BCUT2D eigenvalue weighted by Gasteiger charge is 2.15. The Morgan fingerprint density at radius 1 is 1.29 bits per heavy atom. The zero-order valence-electron chi connectivity index (χ0n) is 13.0. The maximum atomic E-state index is 12.2. The second-order valence-electron chi connectivity index (χ2n) is 4.74. The van der Waals surface area contributed by atoms with Crippen molar-refractivity contribution in [1.29, 1.82) is 0 Å². The van der Waals surface area contributed by atoms with E-state index in [1.54, 1.807) is 24.9 Å². The third-order valence-corrected chi connectivity index (χ3v) is 4.36. The molecule has 24 heavy (non-hydrogen) atoms. The van der Waals surface area contributed by atoms with Crippen LogP contribution in [0.2, 0.25) is 5.02 Å². The summed E-state index contributed by atoms with van der Waals surface area (Å²) in [5, 5.41) is 10.9. The molecule has 0 fully saturated rings. The van der Waals surface area contributed by atoms with E-state index in [-0.39, 0.29) is 22.1 Å². The summed E-state index contributed by atoms with van der Waals surface area (Å²) in [5.74, 6) is 0.377. The second kappa shape index (κ2) is 7.99. The lowest BCUT2D eigenvalue weighted by molar-refractivity contribution is -0.384. The van der Waals surface area contributed by atoms with E-state index in [1.165, 1.54) is 24.3 Å². The molecule has 0 N–H and O–H groups in total. The lowest BCUT2D eigenvalue weighted by atomic mass is 10.1. The molecule has 0 heterocycles. The number of carbonyl (C=O) groups excluding carboxylic acids is 1. The minimum atomic E-state index is -0.616. The van der Waals surface area contributed by atoms with Crippen LogP contribution in [0.15, 0.2) is 47.4 Å². The van der Waals surface area contributed by atoms with Gasteiger partial charge in [-0.15, -0.1) is 11.8 Å². The number of methoxy groups -OCH3 is 1. The van der Waals surface area contributed by atoms with Crippen molar-refractivity contribution in [2.75, 3.05) is 13.4 Å². The Hall–Kier alpha value is -2.31. The van der Waals surface area contributed by atoms with Crippen LogP contribution in [0.4, 0.5) is 5.69 Å². The van der Waals surface area contributed by atoms with E-state index in [1.807, 2.05) is 24.5 Å². The lowest BCUT2D eigenvalue weighted by Gasteiger charge is -2.06. The first kappa shape index (κ1) is 18.0. The lowest BCUT2D eigenvalue weighted by Crippen LogP contribution is -1.97. The summed E-state index contributed by atoms with van der Waals surface area (Å²) in [6, 6.07) is 9.56. The number of thioether (sulfide) groups is 1. The second-order valence-corrected chi connectivity index (χ2v) is 5.99. The molecule has 2 rings (SSSR count). The number of nitro groups is 1. The van der Waals surface area contributed by atoms with Gasteiger partial charge in [0.2, 0.25) is 0 Å². The number of ketones is 1. The zero-order valence-corrected chi connectivity index (χ0v) is 14.6. The molecule has 0 aromatic heterocycles. The van der Waals surface area contributed by atoms with Crippen molar-refractivity contribution in [3.05, 3.63) is 68.7 Å². The number of hydrogen-bond acceptors (Lipinski definition) is 5. The van der Waals surface area contributed by atoms with Crippen molar-refractivity contribution in [2.45, 2.75) is 4.90 Å². The molecule has 2 aromatic rings. The van der Waals surface area contributed by atoms with E-state index in [2.05, 4.69) is 0 Å². The summed E-state index contributed by atoms with van der Waals surface area (Å²) >= 11 is 7.31. The molecule has 0 saturated carbocycles. The molecule has 0 amide bonds. The highest BCUT2D eigenvalue weighted by Crippen LogP contribution is 2.29. The van der Waals surface area contributed by atoms with E-state index in [9.17, 15) is 14.9 Å². The number of ether oxygens (including phenoxy) is 1. The molecular weight excluding hydrogens is 350 g/mol. The molecule has 0 aliphatic carbocycles. The average Bonchev–Trinajstić information content (AvgIpc) is 2.59. The minimum absolute atomic E-state index is 0.00193. The Kier molecular flexibility index (Phi) is 6.00. The van der Waals surface area contributed by atoms with Crippen LogP contribution in [0, 0.1) is 10.1 Å². The van der Waals surface area contributed by atoms with Crippen LogP contribution in [0.1, 0.15) is 15.9 Å². The fourth-order valence-electron chi connectivity index (χ4n) is 2.03. The van der Waals surface area contributed by atoms with Crippen LogP contribution < -0.4 is 4.74 Å². The van der Waals surface area contributed by atoms with Crippen LogP contribution in [0.5, 0.6) is 5.75 Å². The number of carbonyl (C=O) groups is 1. The van der Waals surface area contributed by atoms with Gasteiger partial charge in [-0.1, -0.05) is 23.7 Å². The number of nitro benzene ring substituents is 1. The highest BCUT2D eigenvalue weighted by atomic mass is 35.5. The summed E-state index contributed by atoms with van der Waals surface area (Å²) in [6.07, 6.45) is 4.94. The first-order valence-corrected chi connectivity index (χ1v) is 8.45. The Balaban J connectivity index is 2.25. The maximum Gasteiger partial charge on any atom is 0.288 e. The Labute approximate surface area is 148 Å². The van der Waals surface area contributed by atoms with E-state index < -0.39 is 4.92 Å². The van der Waals surface area contributed by atoms with Crippen LogP contribution in [-0.2, 0) is 0 Å². The van der Waals surface area contributed by atoms with Crippen molar-refractivity contribution in [1.82, 2.24) is 0 Å². The molecule has 0 aliphatic heterocycles. The maximum absolute atomic E-state index is 12.2. The van der Waals surface area contributed by atoms with E-state index in [0.29, 0.717) is 0 Å². The van der Waals surface area contributed by atoms with Gasteiger partial charge >= 0.3 is 0 Å². The normalized spacial score (nSPS) is 10.8. The summed E-state index contributed by atoms with van der Waals surface area (Å²) in [7, 11) is 1.58. The van der Waals surface area contributed by atoms with Gasteiger partial charge in [0.1, 0.15) is 10.8 Å². The number of halogens is 1. The molecule has 0 unspecified atom stereocenters. The molecule has 0 spiro atoms. The van der Waals surface area contributed by atoms with Gasteiger partial charge in [-0.2, -0.15) is 0 Å². The number of hydrogen-bond donors (Lipinski definition) is 0. The summed E-state index contributed by atoms with van der Waals surface area (Å²) in [4.78, 5) is 23.5. The highest BCUT2D eigenvalue weighted by molar-refractivity contribution is 7.98. The topological polar surface area (TPSA) is 69.4 Å². The third kappa shape index (κ3) is 4.15. The standard InChI is InChI=1S/C17H14ClNO4S/c1-23-16-9-11(4-8-17(16)24-2)3-7-15(20)12-5-6-13(18)14(10-12)19(21)22/h3-10H,1-2H3/b7-3+. The van der Waals surface area contributed by atoms with Gasteiger partial charge < -0.3 is 4.74 Å². The zero-order chi connectivity index (χ0) is 17.7. The SMILES string of the molecule is COc1cc(/C=C/C(=O)c2ccc(Cl)c([N+](=O)[O-])c2)ccc1SC. The molecule has 0 atom stereocenters. The molecule has 0 saturated heterocycles. The first-order chi connectivity index (χ1) is 11.5. The predicted octanol–water partition coefficient (Wildman–Crippen LogP) is 4.87. The van der Waals surface area contributed by atoms with E-state index >= 15 is 0 Å². The monoisotopic (exact) mass is 363 g/mol. The summed E-state index contributed by atoms with van der Waals surface area (Å²) in [5.41, 5.74) is 0.707. The molecule has 7 heteroatoms. The third-order valence-electron chi connectivity index (χ3n) is 3.26. The Bertz CT molecular complexity index is 820. The summed E-state index contributed by atoms with van der Waals surface area (Å²) < 4.78 is 5.29. The van der Waals surface area contributed by atoms with Crippen LogP contribution >= 0.6 is 23.4 Å². The van der Waals surface area contributed by atoms with Gasteiger partial charge in [-0.25, -0.2) is 0 Å². The molecule has 2 aromatic carbocycles. The van der Waals surface area contributed by atoms with Crippen molar-refractivity contribution < 1.29 is 14.5 Å². The fraction of sp³-hybridized carbons (Fsp3) is 0.118. The predicted molar refractivity (Wildman–Crippen MR) is 96.2 cm³/mol. The summed E-state index contributed by atoms with van der Waals surface area (Å²) in [6.45, 7) is 0. The van der Waals surface area contributed by atoms with Gasteiger partial charge in [0.15, 0.2) is 5.78 Å². The van der Waals surface area contributed by atoms with Crippen molar-refractivity contribution in [3.8, 4) is 5.75 Å². The van der Waals surface area contributed by atoms with Gasteiger partial charge in [-0.05, 0) is 42.2 Å². The largest absolute Gasteiger partial charge is 0.496 e. The van der Waals surface area contributed by atoms with Crippen molar-refractivity contribution in [2.24, 2.45) is 0 Å². The first-order valence-electron chi connectivity index (χ1n) is 6.84. The average molecular weight is 364 g/mol. The van der Waals surface area contributed by atoms with Crippen LogP contribution in [0.3, 0.4) is 0 Å². The molecule has 0 aliphatic rings. The number of nitrogens with zero attached hydrogens (tertiary/aromatic N) is 1. The van der Waals surface area contributed by atoms with E-state index in [0.717, 1.165) is 16.2 Å². The number of allylic oxidation sites excluding steroid dienone is 1. The number of rotatable bonds is 6. The van der Waals surface area contributed by atoms with Gasteiger partial charge in [-0.3, -0.25) is 14.9 Å².